The van der Waals surface area contributed by atoms with Crippen molar-refractivity contribution in [3.05, 3.63) is 75.5 Å². The number of allylic oxidation sites excluding steroid dienone is 1. The molecule has 162 valence electrons. The number of carbonyl (C=O) groups is 1. The lowest BCUT2D eigenvalue weighted by Crippen LogP contribution is -2.33. The summed E-state index contributed by atoms with van der Waals surface area (Å²) >= 11 is 0. The molecule has 2 aromatic rings. The summed E-state index contributed by atoms with van der Waals surface area (Å²) in [5.41, 5.74) is 7.39. The van der Waals surface area contributed by atoms with Crippen LogP contribution in [0.25, 0.3) is 5.57 Å². The summed E-state index contributed by atoms with van der Waals surface area (Å²) in [5.74, 6) is 0.0498. The van der Waals surface area contributed by atoms with Gasteiger partial charge in [-0.3, -0.25) is 4.79 Å². The van der Waals surface area contributed by atoms with Crippen molar-refractivity contribution in [1.29, 1.82) is 0 Å². The fourth-order valence-corrected chi connectivity index (χ4v) is 6.24. The molecule has 0 spiro atoms. The first-order chi connectivity index (χ1) is 14.6. The lowest BCUT2D eigenvalue weighted by Gasteiger charge is -2.28. The Bertz CT molecular complexity index is 1080. The van der Waals surface area contributed by atoms with Crippen molar-refractivity contribution in [2.24, 2.45) is 11.8 Å². The zero-order valence-electron chi connectivity index (χ0n) is 19.3. The summed E-state index contributed by atoms with van der Waals surface area (Å²) in [6.45, 7) is 12.8. The fourth-order valence-electron chi connectivity index (χ4n) is 6.24. The predicted molar refractivity (Wildman–Crippen MR) is 123 cm³/mol. The van der Waals surface area contributed by atoms with Crippen molar-refractivity contribution in [2.45, 2.75) is 71.5 Å². The van der Waals surface area contributed by atoms with E-state index in [4.69, 9.17) is 4.74 Å². The van der Waals surface area contributed by atoms with Crippen LogP contribution in [0.4, 0.5) is 0 Å². The van der Waals surface area contributed by atoms with Gasteiger partial charge in [-0.25, -0.2) is 0 Å². The number of ether oxygens (including phenoxy) is 1. The molecule has 2 aromatic carbocycles. The molecule has 0 amide bonds. The van der Waals surface area contributed by atoms with E-state index in [9.17, 15) is 9.90 Å². The molecule has 5 rings (SSSR count). The highest BCUT2D eigenvalue weighted by atomic mass is 16.5. The zero-order valence-corrected chi connectivity index (χ0v) is 19.3. The molecule has 2 bridgehead atoms. The van der Waals surface area contributed by atoms with E-state index in [1.165, 1.54) is 16.7 Å². The molecule has 2 saturated heterocycles. The van der Waals surface area contributed by atoms with E-state index < -0.39 is 0 Å². The van der Waals surface area contributed by atoms with Crippen LogP contribution in [-0.4, -0.2) is 23.1 Å². The maximum Gasteiger partial charge on any atom is 0.173 e. The topological polar surface area (TPSA) is 46.5 Å². The quantitative estimate of drug-likeness (QED) is 0.658. The van der Waals surface area contributed by atoms with Crippen LogP contribution in [0.15, 0.2) is 42.2 Å². The highest BCUT2D eigenvalue weighted by Gasteiger charge is 2.62. The van der Waals surface area contributed by atoms with Gasteiger partial charge in [0.05, 0.1) is 29.6 Å². The summed E-state index contributed by atoms with van der Waals surface area (Å²) in [6.07, 6.45) is 0.599. The highest BCUT2D eigenvalue weighted by molar-refractivity contribution is 6.26. The molecule has 0 saturated carbocycles. The van der Waals surface area contributed by atoms with Crippen molar-refractivity contribution in [2.75, 3.05) is 0 Å². The van der Waals surface area contributed by atoms with Gasteiger partial charge in [0, 0.05) is 5.92 Å². The molecule has 1 aliphatic carbocycles. The van der Waals surface area contributed by atoms with Crippen molar-refractivity contribution in [3.63, 3.8) is 0 Å². The van der Waals surface area contributed by atoms with Crippen LogP contribution in [-0.2, 0) is 14.9 Å². The van der Waals surface area contributed by atoms with Gasteiger partial charge < -0.3 is 9.84 Å². The van der Waals surface area contributed by atoms with Crippen LogP contribution in [0.2, 0.25) is 0 Å². The van der Waals surface area contributed by atoms with Crippen LogP contribution >= 0.6 is 0 Å². The molecule has 0 aromatic heterocycles. The molecule has 2 fully saturated rings. The van der Waals surface area contributed by atoms with Gasteiger partial charge in [-0.1, -0.05) is 62.7 Å². The van der Waals surface area contributed by atoms with E-state index in [-0.39, 0.29) is 46.9 Å². The molecular formula is C28H32O3. The van der Waals surface area contributed by atoms with E-state index in [0.29, 0.717) is 5.57 Å². The lowest BCUT2D eigenvalue weighted by molar-refractivity contribution is -0.118. The molecule has 2 aliphatic heterocycles. The van der Waals surface area contributed by atoms with Crippen LogP contribution < -0.4 is 0 Å². The lowest BCUT2D eigenvalue weighted by atomic mass is 9.72. The third kappa shape index (κ3) is 3.01. The Hall–Kier alpha value is -2.39. The number of Topliss-reactive ketones (excluding diaryl/α,β-unsaturated/α-hetero) is 1. The first kappa shape index (κ1) is 20.5. The molecule has 3 heteroatoms. The van der Waals surface area contributed by atoms with E-state index in [2.05, 4.69) is 64.1 Å². The van der Waals surface area contributed by atoms with E-state index in [1.807, 2.05) is 13.8 Å². The molecule has 1 N–H and O–H groups in total. The van der Waals surface area contributed by atoms with E-state index in [1.54, 1.807) is 0 Å². The minimum Gasteiger partial charge on any atom is -0.511 e. The van der Waals surface area contributed by atoms with Gasteiger partial charge >= 0.3 is 0 Å². The third-order valence-electron chi connectivity index (χ3n) is 7.61. The number of aryl methyl sites for hydroxylation is 3. The number of aliphatic hydroxyl groups is 1. The van der Waals surface area contributed by atoms with Gasteiger partial charge in [0.2, 0.25) is 0 Å². The zero-order chi connectivity index (χ0) is 22.2. The summed E-state index contributed by atoms with van der Waals surface area (Å²) < 4.78 is 6.29. The number of hydrogen-bond acceptors (Lipinski definition) is 3. The second kappa shape index (κ2) is 6.80. The standard InChI is InChI=1S/C28H32O3/c1-14-11-15(2)21(16(3)12-14)23-25(29)22-20-13-19(27(31-20)24(22)26(23)30)17-7-9-18(10-8-17)28(4,5)6/h7-12,19-20,22,24,27,30H,13H2,1-6H3/t19?,20?,22-,24+,27?/m0/s1. The Morgan fingerprint density at radius 1 is 0.968 bits per heavy atom. The number of ketones is 1. The van der Waals surface area contributed by atoms with Crippen molar-refractivity contribution >= 4 is 11.4 Å². The number of hydrogen-bond donors (Lipinski definition) is 1. The van der Waals surface area contributed by atoms with Crippen molar-refractivity contribution in [1.82, 2.24) is 0 Å². The summed E-state index contributed by atoms with van der Waals surface area (Å²) in [6, 6.07) is 13.0. The van der Waals surface area contributed by atoms with Crippen LogP contribution in [0, 0.1) is 32.6 Å². The van der Waals surface area contributed by atoms with Gasteiger partial charge in [-0.2, -0.15) is 0 Å². The van der Waals surface area contributed by atoms with Gasteiger partial charge in [0.1, 0.15) is 5.76 Å². The smallest absolute Gasteiger partial charge is 0.173 e. The van der Waals surface area contributed by atoms with Gasteiger partial charge in [0.25, 0.3) is 0 Å². The second-order valence-electron chi connectivity index (χ2n) is 10.8. The molecule has 5 atom stereocenters. The number of fused-ring (bicyclic) bond motifs is 5. The monoisotopic (exact) mass is 416 g/mol. The fraction of sp³-hybridized carbons (Fsp3) is 0.464. The number of carbonyl (C=O) groups excluding carboxylic acids is 1. The van der Waals surface area contributed by atoms with Gasteiger partial charge in [-0.05, 0) is 60.4 Å². The Kier molecular flexibility index (Phi) is 4.50. The Morgan fingerprint density at radius 3 is 2.16 bits per heavy atom. The van der Waals surface area contributed by atoms with Crippen molar-refractivity contribution < 1.29 is 14.6 Å². The molecular weight excluding hydrogens is 384 g/mol. The highest BCUT2D eigenvalue weighted by Crippen LogP contribution is 2.58. The SMILES string of the molecule is Cc1cc(C)c(C2=C(O)[C@@H]3C4OC(CC4c4ccc(C(C)(C)C)cc4)[C@@H]3C2=O)c(C)c1. The van der Waals surface area contributed by atoms with E-state index >= 15 is 0 Å². The van der Waals surface area contributed by atoms with Crippen LogP contribution in [0.1, 0.15) is 66.5 Å². The molecule has 31 heavy (non-hydrogen) atoms. The first-order valence-corrected chi connectivity index (χ1v) is 11.4. The van der Waals surface area contributed by atoms with Crippen molar-refractivity contribution in [3.8, 4) is 0 Å². The maximum atomic E-state index is 13.5. The Labute approximate surface area is 185 Å². The summed E-state index contributed by atoms with van der Waals surface area (Å²) in [7, 11) is 0. The first-order valence-electron chi connectivity index (χ1n) is 11.4. The third-order valence-corrected chi connectivity index (χ3v) is 7.61. The molecule has 3 nitrogen and oxygen atoms in total. The number of benzene rings is 2. The van der Waals surface area contributed by atoms with Gasteiger partial charge in [0.15, 0.2) is 5.78 Å². The molecule has 3 aliphatic rings. The minimum absolute atomic E-state index is 0.0617. The molecule has 3 unspecified atom stereocenters. The maximum absolute atomic E-state index is 13.5. The Morgan fingerprint density at radius 2 is 1.58 bits per heavy atom. The average molecular weight is 417 g/mol. The van der Waals surface area contributed by atoms with Crippen LogP contribution in [0.3, 0.4) is 0 Å². The average Bonchev–Trinajstić information content (AvgIpc) is 3.34. The number of rotatable bonds is 2. The van der Waals surface area contributed by atoms with Gasteiger partial charge in [-0.15, -0.1) is 0 Å². The Balaban J connectivity index is 1.51. The normalized spacial score (nSPS) is 29.7. The number of aliphatic hydroxyl groups excluding tert-OH is 1. The van der Waals surface area contributed by atoms with Crippen LogP contribution in [0.5, 0.6) is 0 Å². The minimum atomic E-state index is -0.245. The second-order valence-corrected chi connectivity index (χ2v) is 10.8. The molecule has 0 radical (unpaired) electrons. The molecule has 2 heterocycles. The largest absolute Gasteiger partial charge is 0.511 e. The summed E-state index contributed by atoms with van der Waals surface area (Å²) in [4.78, 5) is 13.5. The predicted octanol–water partition coefficient (Wildman–Crippen LogP) is 5.95. The van der Waals surface area contributed by atoms with E-state index in [0.717, 1.165) is 23.1 Å². The summed E-state index contributed by atoms with van der Waals surface area (Å²) in [5, 5.41) is 11.3.